The lowest BCUT2D eigenvalue weighted by atomic mass is 10.1. The number of nitrogen functional groups attached to an aromatic ring is 1. The van der Waals surface area contributed by atoms with Gasteiger partial charge < -0.3 is 30.7 Å². The van der Waals surface area contributed by atoms with E-state index in [0.29, 0.717) is 66.0 Å². The maximum absolute atomic E-state index is 12.8. The van der Waals surface area contributed by atoms with Crippen LogP contribution in [-0.2, 0) is 11.2 Å². The lowest BCUT2D eigenvalue weighted by Gasteiger charge is -2.35. The number of fused-ring (bicyclic) bond motifs is 1. The predicted molar refractivity (Wildman–Crippen MR) is 129 cm³/mol. The maximum Gasteiger partial charge on any atom is 0.227 e. The van der Waals surface area contributed by atoms with Crippen LogP contribution < -0.4 is 10.6 Å². The average Bonchev–Trinajstić information content (AvgIpc) is 3.24. The highest BCUT2D eigenvalue weighted by Gasteiger charge is 2.25. The molecule has 10 nitrogen and oxygen atoms in total. The van der Waals surface area contributed by atoms with Gasteiger partial charge in [0.1, 0.15) is 11.3 Å². The molecule has 5 rings (SSSR count). The lowest BCUT2D eigenvalue weighted by Crippen LogP contribution is -2.49. The van der Waals surface area contributed by atoms with E-state index in [9.17, 15) is 15.0 Å². The fourth-order valence-electron chi connectivity index (χ4n) is 4.04. The lowest BCUT2D eigenvalue weighted by molar-refractivity contribution is -0.130. The molecule has 2 aromatic carbocycles. The Labute approximate surface area is 199 Å². The monoisotopic (exact) mass is 479 g/mol. The molecular formula is C23H22ClN7O3. The van der Waals surface area contributed by atoms with Crippen LogP contribution in [0, 0.1) is 0 Å². The number of hydrogen-bond donors (Lipinski definition) is 4. The van der Waals surface area contributed by atoms with E-state index in [1.54, 1.807) is 18.2 Å². The summed E-state index contributed by atoms with van der Waals surface area (Å²) in [6.45, 7) is 2.22. The Bertz CT molecular complexity index is 1380. The summed E-state index contributed by atoms with van der Waals surface area (Å²) in [5.41, 5.74) is 8.41. The van der Waals surface area contributed by atoms with Gasteiger partial charge in [-0.2, -0.15) is 9.97 Å². The van der Waals surface area contributed by atoms with Gasteiger partial charge in [0.15, 0.2) is 23.0 Å². The van der Waals surface area contributed by atoms with Crippen molar-refractivity contribution in [2.75, 3.05) is 36.8 Å². The van der Waals surface area contributed by atoms with Gasteiger partial charge in [-0.25, -0.2) is 4.98 Å². The summed E-state index contributed by atoms with van der Waals surface area (Å²) in [5.74, 6) is 0.737. The first-order valence-electron chi connectivity index (χ1n) is 10.7. The molecule has 2 aromatic heterocycles. The van der Waals surface area contributed by atoms with E-state index < -0.39 is 0 Å². The first-order chi connectivity index (χ1) is 16.4. The molecule has 0 aliphatic carbocycles. The third-order valence-electron chi connectivity index (χ3n) is 5.77. The first-order valence-corrected chi connectivity index (χ1v) is 11.1. The van der Waals surface area contributed by atoms with Gasteiger partial charge in [-0.05, 0) is 35.9 Å². The summed E-state index contributed by atoms with van der Waals surface area (Å²) in [5, 5.41) is 20.0. The molecule has 1 fully saturated rings. The number of phenolic OH excluding ortho intramolecular Hbond substituents is 2. The highest BCUT2D eigenvalue weighted by Crippen LogP contribution is 2.32. The standard InChI is InChI=1S/C23H22ClN7O3/c24-15-3-1-2-13(10-15)11-18(34)30-6-8-31(9-7-30)22-19-21(28-23(25)29-22)27-20(26-19)14-4-5-16(32)17(33)12-14/h1-5,10,12,32-33H,6-9,11H2,(H3,25,26,27,28,29). The van der Waals surface area contributed by atoms with Crippen molar-refractivity contribution in [3.8, 4) is 22.9 Å². The number of halogens is 1. The number of nitrogens with one attached hydrogen (secondary N) is 1. The van der Waals surface area contributed by atoms with Crippen LogP contribution in [0.1, 0.15) is 5.56 Å². The molecule has 4 aromatic rings. The molecule has 1 aliphatic heterocycles. The third-order valence-corrected chi connectivity index (χ3v) is 6.01. The third kappa shape index (κ3) is 4.27. The van der Waals surface area contributed by atoms with Crippen LogP contribution in [0.4, 0.5) is 11.8 Å². The zero-order chi connectivity index (χ0) is 23.8. The van der Waals surface area contributed by atoms with Gasteiger partial charge in [0.2, 0.25) is 11.9 Å². The fraction of sp³-hybridized carbons (Fsp3) is 0.217. The van der Waals surface area contributed by atoms with Crippen LogP contribution in [0.5, 0.6) is 11.5 Å². The number of imidazole rings is 1. The van der Waals surface area contributed by atoms with Crippen molar-refractivity contribution in [3.63, 3.8) is 0 Å². The number of nitrogens with zero attached hydrogens (tertiary/aromatic N) is 5. The Kier molecular flexibility index (Phi) is 5.58. The molecule has 11 heteroatoms. The topological polar surface area (TPSA) is 144 Å². The first kappa shape index (κ1) is 21.8. The number of aromatic hydroxyl groups is 2. The Morgan fingerprint density at radius 2 is 1.82 bits per heavy atom. The zero-order valence-corrected chi connectivity index (χ0v) is 18.8. The minimum Gasteiger partial charge on any atom is -0.504 e. The molecule has 0 atom stereocenters. The Morgan fingerprint density at radius 3 is 2.56 bits per heavy atom. The summed E-state index contributed by atoms with van der Waals surface area (Å²) in [6, 6.07) is 11.8. The molecule has 174 valence electrons. The van der Waals surface area contributed by atoms with Crippen molar-refractivity contribution in [2.24, 2.45) is 0 Å². The van der Waals surface area contributed by atoms with Gasteiger partial charge in [0.25, 0.3) is 0 Å². The summed E-state index contributed by atoms with van der Waals surface area (Å²) in [4.78, 5) is 33.0. The van der Waals surface area contributed by atoms with E-state index >= 15 is 0 Å². The summed E-state index contributed by atoms with van der Waals surface area (Å²) >= 11 is 6.03. The number of piperazine rings is 1. The zero-order valence-electron chi connectivity index (χ0n) is 18.1. The molecule has 1 amide bonds. The van der Waals surface area contributed by atoms with Crippen LogP contribution in [0.2, 0.25) is 5.02 Å². The molecule has 0 unspecified atom stereocenters. The van der Waals surface area contributed by atoms with Crippen LogP contribution in [0.3, 0.4) is 0 Å². The van der Waals surface area contributed by atoms with E-state index in [-0.39, 0.29) is 23.4 Å². The van der Waals surface area contributed by atoms with Gasteiger partial charge in [-0.15, -0.1) is 0 Å². The molecule has 3 heterocycles. The number of phenols is 2. The molecule has 5 N–H and O–H groups in total. The molecule has 34 heavy (non-hydrogen) atoms. The number of H-pyrrole nitrogens is 1. The second-order valence-electron chi connectivity index (χ2n) is 8.07. The maximum atomic E-state index is 12.8. The molecule has 0 radical (unpaired) electrons. The van der Waals surface area contributed by atoms with E-state index in [4.69, 9.17) is 17.3 Å². The minimum atomic E-state index is -0.248. The van der Waals surface area contributed by atoms with Gasteiger partial charge in [-0.1, -0.05) is 23.7 Å². The van der Waals surface area contributed by atoms with Crippen molar-refractivity contribution in [2.45, 2.75) is 6.42 Å². The van der Waals surface area contributed by atoms with E-state index in [0.717, 1.165) is 5.56 Å². The van der Waals surface area contributed by atoms with E-state index in [2.05, 4.69) is 19.9 Å². The number of rotatable bonds is 4. The number of anilines is 2. The van der Waals surface area contributed by atoms with E-state index in [1.165, 1.54) is 12.1 Å². The van der Waals surface area contributed by atoms with Crippen molar-refractivity contribution in [1.29, 1.82) is 0 Å². The normalized spacial score (nSPS) is 14.0. The number of hydrogen-bond acceptors (Lipinski definition) is 8. The van der Waals surface area contributed by atoms with Gasteiger partial charge in [-0.3, -0.25) is 4.79 Å². The van der Waals surface area contributed by atoms with Crippen molar-refractivity contribution in [1.82, 2.24) is 24.8 Å². The van der Waals surface area contributed by atoms with Gasteiger partial charge in [0, 0.05) is 36.8 Å². The SMILES string of the molecule is Nc1nc(N2CCN(C(=O)Cc3cccc(Cl)c3)CC2)c2[nH]c(-c3ccc(O)c(O)c3)nc2n1. The largest absolute Gasteiger partial charge is 0.504 e. The molecule has 0 spiro atoms. The number of amides is 1. The molecule has 1 saturated heterocycles. The minimum absolute atomic E-state index is 0.0465. The number of carbonyl (C=O) groups excluding carboxylic acids is 1. The number of benzene rings is 2. The van der Waals surface area contributed by atoms with Crippen LogP contribution in [0.25, 0.3) is 22.6 Å². The summed E-state index contributed by atoms with van der Waals surface area (Å²) < 4.78 is 0. The van der Waals surface area contributed by atoms with Crippen LogP contribution in [0.15, 0.2) is 42.5 Å². The van der Waals surface area contributed by atoms with Crippen molar-refractivity contribution >= 4 is 40.4 Å². The Hall–Kier alpha value is -4.05. The Morgan fingerprint density at radius 1 is 1.03 bits per heavy atom. The molecule has 0 bridgehead atoms. The highest BCUT2D eigenvalue weighted by atomic mass is 35.5. The number of aromatic amines is 1. The van der Waals surface area contributed by atoms with Gasteiger partial charge >= 0.3 is 0 Å². The second kappa shape index (κ2) is 8.71. The quantitative estimate of drug-likeness (QED) is 0.327. The Balaban J connectivity index is 1.35. The number of nitrogens with two attached hydrogens (primary N) is 1. The average molecular weight is 480 g/mol. The van der Waals surface area contributed by atoms with Gasteiger partial charge in [0.05, 0.1) is 6.42 Å². The number of carbonyl (C=O) groups is 1. The van der Waals surface area contributed by atoms with Crippen LogP contribution >= 0.6 is 11.6 Å². The molecular weight excluding hydrogens is 458 g/mol. The highest BCUT2D eigenvalue weighted by molar-refractivity contribution is 6.30. The van der Waals surface area contributed by atoms with Crippen LogP contribution in [-0.4, -0.2) is 67.1 Å². The van der Waals surface area contributed by atoms with E-state index in [1.807, 2.05) is 21.9 Å². The second-order valence-corrected chi connectivity index (χ2v) is 8.50. The summed E-state index contributed by atoms with van der Waals surface area (Å²) in [6.07, 6.45) is 0.300. The number of aromatic nitrogens is 4. The predicted octanol–water partition coefficient (Wildman–Crippen LogP) is 2.56. The van der Waals surface area contributed by atoms with Crippen molar-refractivity contribution in [3.05, 3.63) is 53.1 Å². The molecule has 1 aliphatic rings. The smallest absolute Gasteiger partial charge is 0.227 e. The van der Waals surface area contributed by atoms with Crippen molar-refractivity contribution < 1.29 is 15.0 Å². The molecule has 0 saturated carbocycles. The summed E-state index contributed by atoms with van der Waals surface area (Å²) in [7, 11) is 0. The fourth-order valence-corrected chi connectivity index (χ4v) is 4.25.